The zero-order valence-electron chi connectivity index (χ0n) is 12.1. The molecule has 0 bridgehead atoms. The van der Waals surface area contributed by atoms with Crippen LogP contribution < -0.4 is 0 Å². The highest BCUT2D eigenvalue weighted by Crippen LogP contribution is 2.19. The van der Waals surface area contributed by atoms with E-state index >= 15 is 0 Å². The Kier molecular flexibility index (Phi) is 6.39. The van der Waals surface area contributed by atoms with Gasteiger partial charge < -0.3 is 9.84 Å². The maximum absolute atomic E-state index is 12.5. The Labute approximate surface area is 119 Å². The summed E-state index contributed by atoms with van der Waals surface area (Å²) >= 11 is 0. The molecule has 0 spiro atoms. The SMILES string of the molecule is CCC(=Cc1ccc(C(C)C(=O)OC)cc1)C(O)CF. The minimum atomic E-state index is -1.05. The molecule has 0 aliphatic rings. The van der Waals surface area contributed by atoms with E-state index in [4.69, 9.17) is 4.74 Å². The van der Waals surface area contributed by atoms with Gasteiger partial charge >= 0.3 is 5.97 Å². The first-order chi connectivity index (χ1) is 9.53. The Morgan fingerprint density at radius 2 is 2.00 bits per heavy atom. The molecule has 3 nitrogen and oxygen atoms in total. The van der Waals surface area contributed by atoms with Gasteiger partial charge in [-0.2, -0.15) is 0 Å². The second kappa shape index (κ2) is 7.80. The van der Waals surface area contributed by atoms with E-state index in [-0.39, 0.29) is 11.9 Å². The lowest BCUT2D eigenvalue weighted by molar-refractivity contribution is -0.141. The Morgan fingerprint density at radius 1 is 1.40 bits per heavy atom. The summed E-state index contributed by atoms with van der Waals surface area (Å²) in [7, 11) is 1.36. The zero-order valence-corrected chi connectivity index (χ0v) is 12.1. The van der Waals surface area contributed by atoms with Crippen molar-refractivity contribution in [1.29, 1.82) is 0 Å². The van der Waals surface area contributed by atoms with E-state index in [1.165, 1.54) is 7.11 Å². The molecule has 0 aromatic heterocycles. The number of alkyl halides is 1. The van der Waals surface area contributed by atoms with Crippen LogP contribution in [0.25, 0.3) is 6.08 Å². The van der Waals surface area contributed by atoms with E-state index in [0.717, 1.165) is 11.1 Å². The third kappa shape index (κ3) is 4.17. The highest BCUT2D eigenvalue weighted by atomic mass is 19.1. The van der Waals surface area contributed by atoms with Crippen LogP contribution in [-0.4, -0.2) is 31.0 Å². The molecule has 1 N–H and O–H groups in total. The van der Waals surface area contributed by atoms with Crippen LogP contribution in [0.1, 0.15) is 37.3 Å². The summed E-state index contributed by atoms with van der Waals surface area (Å²) in [5.41, 5.74) is 2.38. The molecule has 0 radical (unpaired) electrons. The highest BCUT2D eigenvalue weighted by molar-refractivity contribution is 5.77. The van der Waals surface area contributed by atoms with Crippen LogP contribution in [0, 0.1) is 0 Å². The van der Waals surface area contributed by atoms with Gasteiger partial charge in [0, 0.05) is 0 Å². The zero-order chi connectivity index (χ0) is 15.1. The van der Waals surface area contributed by atoms with Gasteiger partial charge in [-0.05, 0) is 30.0 Å². The van der Waals surface area contributed by atoms with E-state index in [2.05, 4.69) is 0 Å². The lowest BCUT2D eigenvalue weighted by atomic mass is 9.98. The van der Waals surface area contributed by atoms with Crippen molar-refractivity contribution in [3.8, 4) is 0 Å². The number of hydrogen-bond donors (Lipinski definition) is 1. The van der Waals surface area contributed by atoms with Crippen LogP contribution in [0.4, 0.5) is 4.39 Å². The maximum atomic E-state index is 12.5. The van der Waals surface area contributed by atoms with Gasteiger partial charge in [0.15, 0.2) is 0 Å². The Hall–Kier alpha value is -1.68. The lowest BCUT2D eigenvalue weighted by Gasteiger charge is -2.11. The number of benzene rings is 1. The molecular formula is C16H21FO3. The van der Waals surface area contributed by atoms with Gasteiger partial charge in [0.2, 0.25) is 0 Å². The van der Waals surface area contributed by atoms with Gasteiger partial charge in [0.1, 0.15) is 12.8 Å². The molecule has 0 amide bonds. The van der Waals surface area contributed by atoms with Crippen molar-refractivity contribution >= 4 is 12.0 Å². The van der Waals surface area contributed by atoms with Crippen LogP contribution in [0.2, 0.25) is 0 Å². The molecule has 1 aromatic carbocycles. The number of methoxy groups -OCH3 is 1. The first-order valence-electron chi connectivity index (χ1n) is 6.65. The molecule has 0 aliphatic carbocycles. The third-order valence-electron chi connectivity index (χ3n) is 3.33. The molecule has 0 saturated heterocycles. The number of rotatable bonds is 6. The minimum absolute atomic E-state index is 0.282. The minimum Gasteiger partial charge on any atom is -0.469 e. The summed E-state index contributed by atoms with van der Waals surface area (Å²) in [6.07, 6.45) is 1.32. The number of hydrogen-bond acceptors (Lipinski definition) is 3. The fourth-order valence-electron chi connectivity index (χ4n) is 1.94. The van der Waals surface area contributed by atoms with Crippen molar-refractivity contribution < 1.29 is 19.0 Å². The second-order valence-corrected chi connectivity index (χ2v) is 4.65. The number of esters is 1. The van der Waals surface area contributed by atoms with E-state index in [9.17, 15) is 14.3 Å². The molecule has 1 aromatic rings. The quantitative estimate of drug-likeness (QED) is 0.815. The summed E-state index contributed by atoms with van der Waals surface area (Å²) in [6.45, 7) is 2.87. The summed E-state index contributed by atoms with van der Waals surface area (Å²) in [6, 6.07) is 7.36. The van der Waals surface area contributed by atoms with Crippen LogP contribution in [0.15, 0.2) is 29.8 Å². The standard InChI is InChI=1S/C16H21FO3/c1-4-13(15(18)10-17)9-12-5-7-14(8-6-12)11(2)16(19)20-3/h5-9,11,15,18H,4,10H2,1-3H3. The third-order valence-corrected chi connectivity index (χ3v) is 3.33. The van der Waals surface area contributed by atoms with Crippen LogP contribution in [0.5, 0.6) is 0 Å². The average Bonchev–Trinajstić information content (AvgIpc) is 2.50. The van der Waals surface area contributed by atoms with Gasteiger partial charge in [-0.1, -0.05) is 37.3 Å². The normalized spacial score (nSPS) is 14.8. The first-order valence-corrected chi connectivity index (χ1v) is 6.65. The fraction of sp³-hybridized carbons (Fsp3) is 0.438. The molecular weight excluding hydrogens is 259 g/mol. The molecule has 20 heavy (non-hydrogen) atoms. The summed E-state index contributed by atoms with van der Waals surface area (Å²) < 4.78 is 17.2. The van der Waals surface area contributed by atoms with Crippen molar-refractivity contribution in [3.63, 3.8) is 0 Å². The van der Waals surface area contributed by atoms with Crippen molar-refractivity contribution in [2.45, 2.75) is 32.3 Å². The summed E-state index contributed by atoms with van der Waals surface area (Å²) in [4.78, 5) is 11.4. The number of carbonyl (C=O) groups is 1. The molecule has 4 heteroatoms. The van der Waals surface area contributed by atoms with Crippen LogP contribution in [0.3, 0.4) is 0 Å². The average molecular weight is 280 g/mol. The molecule has 2 unspecified atom stereocenters. The summed E-state index contributed by atoms with van der Waals surface area (Å²) in [5, 5.41) is 9.52. The van der Waals surface area contributed by atoms with Gasteiger partial charge in [0.25, 0.3) is 0 Å². The molecule has 110 valence electrons. The van der Waals surface area contributed by atoms with E-state index in [1.54, 1.807) is 13.0 Å². The van der Waals surface area contributed by atoms with Crippen molar-refractivity contribution in [2.24, 2.45) is 0 Å². The second-order valence-electron chi connectivity index (χ2n) is 4.65. The number of aliphatic hydroxyl groups is 1. The van der Waals surface area contributed by atoms with Crippen LogP contribution in [-0.2, 0) is 9.53 Å². The summed E-state index contributed by atoms with van der Waals surface area (Å²) in [5.74, 6) is -0.601. The monoisotopic (exact) mass is 280 g/mol. The van der Waals surface area contributed by atoms with E-state index in [0.29, 0.717) is 12.0 Å². The first kappa shape index (κ1) is 16.4. The molecule has 0 aliphatic heterocycles. The number of ether oxygens (including phenoxy) is 1. The smallest absolute Gasteiger partial charge is 0.312 e. The van der Waals surface area contributed by atoms with E-state index in [1.807, 2.05) is 31.2 Å². The molecule has 0 fully saturated rings. The van der Waals surface area contributed by atoms with Gasteiger partial charge in [0.05, 0.1) is 13.0 Å². The predicted octanol–water partition coefficient (Wildman–Crippen LogP) is 3.09. The van der Waals surface area contributed by atoms with E-state index < -0.39 is 12.8 Å². The number of aliphatic hydroxyl groups excluding tert-OH is 1. The molecule has 0 saturated carbocycles. The van der Waals surface area contributed by atoms with Crippen molar-refractivity contribution in [2.75, 3.05) is 13.8 Å². The Balaban J connectivity index is 2.91. The Bertz CT molecular complexity index is 465. The topological polar surface area (TPSA) is 46.5 Å². The number of carbonyl (C=O) groups excluding carboxylic acids is 1. The lowest BCUT2D eigenvalue weighted by Crippen LogP contribution is -2.12. The van der Waals surface area contributed by atoms with Crippen molar-refractivity contribution in [3.05, 3.63) is 41.0 Å². The highest BCUT2D eigenvalue weighted by Gasteiger charge is 2.15. The van der Waals surface area contributed by atoms with Gasteiger partial charge in [-0.15, -0.1) is 0 Å². The maximum Gasteiger partial charge on any atom is 0.312 e. The molecule has 0 heterocycles. The molecule has 1 rings (SSSR count). The Morgan fingerprint density at radius 3 is 2.45 bits per heavy atom. The van der Waals surface area contributed by atoms with Gasteiger partial charge in [-0.3, -0.25) is 4.79 Å². The number of halogens is 1. The van der Waals surface area contributed by atoms with Crippen molar-refractivity contribution in [1.82, 2.24) is 0 Å². The van der Waals surface area contributed by atoms with Gasteiger partial charge in [-0.25, -0.2) is 4.39 Å². The fourth-order valence-corrected chi connectivity index (χ4v) is 1.94. The molecule has 2 atom stereocenters. The predicted molar refractivity (Wildman–Crippen MR) is 77.1 cm³/mol. The van der Waals surface area contributed by atoms with Crippen LogP contribution >= 0.6 is 0 Å². The largest absolute Gasteiger partial charge is 0.469 e.